The molecule has 1 N–H and O–H groups in total. The molecule has 0 bridgehead atoms. The summed E-state index contributed by atoms with van der Waals surface area (Å²) in [6.07, 6.45) is 1.08. The smallest absolute Gasteiger partial charge is 0.294 e. The van der Waals surface area contributed by atoms with E-state index in [1.165, 1.54) is 4.90 Å². The molecular formula is C21H21F3N4O. The number of benzene rings is 1. The SMILES string of the molecule is O=C(CCCC1CN(CC(F)(F)F)C1)c1n[nH]c2ccc(-c3cccnc3)cc12. The third-order valence-electron chi connectivity index (χ3n) is 5.27. The fourth-order valence-corrected chi connectivity index (χ4v) is 3.85. The number of rotatable bonds is 7. The molecule has 0 aliphatic carbocycles. The van der Waals surface area contributed by atoms with Crippen LogP contribution in [0, 0.1) is 5.92 Å². The van der Waals surface area contributed by atoms with Crippen molar-refractivity contribution in [3.63, 3.8) is 0 Å². The molecule has 1 fully saturated rings. The van der Waals surface area contributed by atoms with E-state index in [2.05, 4.69) is 15.2 Å². The molecule has 152 valence electrons. The average Bonchev–Trinajstić information content (AvgIpc) is 3.09. The van der Waals surface area contributed by atoms with Crippen molar-refractivity contribution in [1.82, 2.24) is 20.1 Å². The number of Topliss-reactive ketones (excluding diaryl/α,β-unsaturated/α-hetero) is 1. The summed E-state index contributed by atoms with van der Waals surface area (Å²) in [6, 6.07) is 9.60. The van der Waals surface area contributed by atoms with Gasteiger partial charge in [0, 0.05) is 42.9 Å². The molecule has 4 rings (SSSR count). The fraction of sp³-hybridized carbons (Fsp3) is 0.381. The standard InChI is InChI=1S/C21H21F3N4O/c22-21(23,24)13-28-11-14(12-28)3-1-5-19(29)20-17-9-15(6-7-18(17)26-27-20)16-4-2-8-25-10-16/h2,4,6-10,14H,1,3,5,11-13H2,(H,26,27). The maximum atomic E-state index is 12.7. The maximum Gasteiger partial charge on any atom is 0.401 e. The van der Waals surface area contributed by atoms with E-state index >= 15 is 0 Å². The molecular weight excluding hydrogens is 381 g/mol. The summed E-state index contributed by atoms with van der Waals surface area (Å²) in [7, 11) is 0. The molecule has 1 aromatic carbocycles. The van der Waals surface area contributed by atoms with Gasteiger partial charge >= 0.3 is 6.18 Å². The first kappa shape index (κ1) is 19.6. The molecule has 0 radical (unpaired) electrons. The highest BCUT2D eigenvalue weighted by Gasteiger charge is 2.36. The fourth-order valence-electron chi connectivity index (χ4n) is 3.85. The van der Waals surface area contributed by atoms with Crippen molar-refractivity contribution in [3.05, 3.63) is 48.4 Å². The van der Waals surface area contributed by atoms with Crippen molar-refractivity contribution in [3.8, 4) is 11.1 Å². The van der Waals surface area contributed by atoms with Crippen LogP contribution in [0.15, 0.2) is 42.7 Å². The van der Waals surface area contributed by atoms with Gasteiger partial charge < -0.3 is 0 Å². The van der Waals surface area contributed by atoms with Crippen LogP contribution < -0.4 is 0 Å². The van der Waals surface area contributed by atoms with E-state index in [0.29, 0.717) is 31.6 Å². The van der Waals surface area contributed by atoms with Gasteiger partial charge in [0.05, 0.1) is 12.1 Å². The topological polar surface area (TPSA) is 61.9 Å². The second-order valence-electron chi connectivity index (χ2n) is 7.56. The average molecular weight is 402 g/mol. The second kappa shape index (κ2) is 7.94. The Morgan fingerprint density at radius 3 is 2.76 bits per heavy atom. The summed E-state index contributed by atoms with van der Waals surface area (Å²) in [5.74, 6) is 0.185. The van der Waals surface area contributed by atoms with Gasteiger partial charge in [-0.2, -0.15) is 18.3 Å². The summed E-state index contributed by atoms with van der Waals surface area (Å²) in [4.78, 5) is 18.2. The van der Waals surface area contributed by atoms with Gasteiger partial charge in [0.25, 0.3) is 0 Å². The van der Waals surface area contributed by atoms with E-state index in [1.807, 2.05) is 30.3 Å². The normalized spacial score (nSPS) is 15.6. The zero-order valence-electron chi connectivity index (χ0n) is 15.7. The number of nitrogens with zero attached hydrogens (tertiary/aromatic N) is 3. The van der Waals surface area contributed by atoms with Gasteiger partial charge in [-0.15, -0.1) is 0 Å². The molecule has 3 aromatic rings. The number of hydrogen-bond acceptors (Lipinski definition) is 4. The van der Waals surface area contributed by atoms with E-state index in [-0.39, 0.29) is 11.7 Å². The highest BCUT2D eigenvalue weighted by molar-refractivity contribution is 6.06. The van der Waals surface area contributed by atoms with Crippen molar-refractivity contribution in [1.29, 1.82) is 0 Å². The highest BCUT2D eigenvalue weighted by Crippen LogP contribution is 2.28. The van der Waals surface area contributed by atoms with Gasteiger partial charge in [-0.3, -0.25) is 19.8 Å². The number of pyridine rings is 1. The zero-order valence-corrected chi connectivity index (χ0v) is 15.7. The molecule has 8 heteroatoms. The Morgan fingerprint density at radius 1 is 1.21 bits per heavy atom. The Balaban J connectivity index is 1.34. The first-order valence-electron chi connectivity index (χ1n) is 9.60. The van der Waals surface area contributed by atoms with Crippen LogP contribution in [0.3, 0.4) is 0 Å². The van der Waals surface area contributed by atoms with Gasteiger partial charge in [-0.25, -0.2) is 0 Å². The Hall–Kier alpha value is -2.74. The number of likely N-dealkylation sites (tertiary alicyclic amines) is 1. The quantitative estimate of drug-likeness (QED) is 0.593. The van der Waals surface area contributed by atoms with E-state index in [4.69, 9.17) is 0 Å². The molecule has 1 aliphatic heterocycles. The molecule has 29 heavy (non-hydrogen) atoms. The number of hydrogen-bond donors (Lipinski definition) is 1. The largest absolute Gasteiger partial charge is 0.401 e. The lowest BCUT2D eigenvalue weighted by atomic mass is 9.93. The van der Waals surface area contributed by atoms with Crippen molar-refractivity contribution in [2.24, 2.45) is 5.92 Å². The molecule has 1 aliphatic rings. The first-order chi connectivity index (χ1) is 13.9. The molecule has 0 saturated carbocycles. The number of carbonyl (C=O) groups excluding carboxylic acids is 1. The number of alkyl halides is 3. The van der Waals surface area contributed by atoms with Gasteiger partial charge in [0.15, 0.2) is 5.78 Å². The van der Waals surface area contributed by atoms with Crippen LogP contribution >= 0.6 is 0 Å². The minimum Gasteiger partial charge on any atom is -0.294 e. The Labute approximate surface area is 165 Å². The molecule has 2 aromatic heterocycles. The Morgan fingerprint density at radius 2 is 2.03 bits per heavy atom. The van der Waals surface area contributed by atoms with E-state index in [9.17, 15) is 18.0 Å². The number of ketones is 1. The molecule has 0 atom stereocenters. The summed E-state index contributed by atoms with van der Waals surface area (Å²) in [6.45, 7) is 0.0575. The molecule has 0 spiro atoms. The van der Waals surface area contributed by atoms with Gasteiger partial charge in [0.2, 0.25) is 0 Å². The first-order valence-corrected chi connectivity index (χ1v) is 9.60. The minimum absolute atomic E-state index is 0.0499. The van der Waals surface area contributed by atoms with E-state index in [1.54, 1.807) is 12.4 Å². The third kappa shape index (κ3) is 4.64. The summed E-state index contributed by atoms with van der Waals surface area (Å²) >= 11 is 0. The number of H-pyrrole nitrogens is 1. The summed E-state index contributed by atoms with van der Waals surface area (Å²) in [5.41, 5.74) is 3.13. The predicted octanol–water partition coefficient (Wildman–Crippen LogP) is 4.47. The van der Waals surface area contributed by atoms with Crippen molar-refractivity contribution >= 4 is 16.7 Å². The number of aromatic nitrogens is 3. The number of carbonyl (C=O) groups is 1. The predicted molar refractivity (Wildman–Crippen MR) is 103 cm³/mol. The van der Waals surface area contributed by atoms with Crippen LogP contribution in [-0.4, -0.2) is 51.7 Å². The molecule has 1 saturated heterocycles. The van der Waals surface area contributed by atoms with Gasteiger partial charge in [-0.1, -0.05) is 12.1 Å². The summed E-state index contributed by atoms with van der Waals surface area (Å²) in [5, 5.41) is 7.86. The van der Waals surface area contributed by atoms with Gasteiger partial charge in [-0.05, 0) is 42.5 Å². The number of aromatic amines is 1. The second-order valence-corrected chi connectivity index (χ2v) is 7.56. The lowest BCUT2D eigenvalue weighted by Gasteiger charge is -2.39. The number of halogens is 3. The van der Waals surface area contributed by atoms with Crippen LogP contribution in [0.5, 0.6) is 0 Å². The lowest BCUT2D eigenvalue weighted by molar-refractivity contribution is -0.158. The number of fused-ring (bicyclic) bond motifs is 1. The van der Waals surface area contributed by atoms with Crippen LogP contribution in [0.2, 0.25) is 0 Å². The molecule has 3 heterocycles. The minimum atomic E-state index is -4.14. The number of nitrogens with one attached hydrogen (secondary N) is 1. The van der Waals surface area contributed by atoms with Crippen LogP contribution in [0.25, 0.3) is 22.0 Å². The maximum absolute atomic E-state index is 12.7. The van der Waals surface area contributed by atoms with Crippen molar-refractivity contribution in [2.75, 3.05) is 19.6 Å². The molecule has 0 amide bonds. The highest BCUT2D eigenvalue weighted by atomic mass is 19.4. The van der Waals surface area contributed by atoms with Crippen molar-refractivity contribution < 1.29 is 18.0 Å². The molecule has 5 nitrogen and oxygen atoms in total. The zero-order chi connectivity index (χ0) is 20.4. The van der Waals surface area contributed by atoms with Crippen molar-refractivity contribution in [2.45, 2.75) is 25.4 Å². The Bertz CT molecular complexity index is 994. The lowest BCUT2D eigenvalue weighted by Crippen LogP contribution is -2.50. The van der Waals surface area contributed by atoms with E-state index in [0.717, 1.165) is 28.5 Å². The van der Waals surface area contributed by atoms with Crippen LogP contribution in [0.1, 0.15) is 29.8 Å². The van der Waals surface area contributed by atoms with Crippen LogP contribution in [0.4, 0.5) is 13.2 Å². The summed E-state index contributed by atoms with van der Waals surface area (Å²) < 4.78 is 37.0. The monoisotopic (exact) mass is 402 g/mol. The molecule has 0 unspecified atom stereocenters. The van der Waals surface area contributed by atoms with Gasteiger partial charge in [0.1, 0.15) is 5.69 Å². The van der Waals surface area contributed by atoms with E-state index < -0.39 is 12.7 Å². The van der Waals surface area contributed by atoms with Crippen LogP contribution in [-0.2, 0) is 0 Å². The Kier molecular flexibility index (Phi) is 5.36. The third-order valence-corrected chi connectivity index (χ3v) is 5.27.